The third-order valence-electron chi connectivity index (χ3n) is 4.31. The quantitative estimate of drug-likeness (QED) is 0.546. The van der Waals surface area contributed by atoms with Crippen LogP contribution < -0.4 is 10.6 Å². The molecule has 2 heterocycles. The lowest BCUT2D eigenvalue weighted by Gasteiger charge is -2.17. The van der Waals surface area contributed by atoms with Crippen molar-refractivity contribution in [1.29, 1.82) is 0 Å². The molecule has 2 aromatic heterocycles. The second-order valence-corrected chi connectivity index (χ2v) is 6.18. The van der Waals surface area contributed by atoms with Gasteiger partial charge in [0, 0.05) is 10.9 Å². The number of carbonyl (C=O) groups is 1. The van der Waals surface area contributed by atoms with Crippen molar-refractivity contribution in [3.63, 3.8) is 0 Å². The van der Waals surface area contributed by atoms with Gasteiger partial charge in [-0.3, -0.25) is 10.4 Å². The van der Waals surface area contributed by atoms with Gasteiger partial charge in [0.25, 0.3) is 0 Å². The average Bonchev–Trinajstić information content (AvgIpc) is 3.14. The van der Waals surface area contributed by atoms with Gasteiger partial charge < -0.3 is 10.4 Å². The fourth-order valence-electron chi connectivity index (χ4n) is 3.01. The van der Waals surface area contributed by atoms with Crippen molar-refractivity contribution in [2.24, 2.45) is 0 Å². The van der Waals surface area contributed by atoms with Crippen LogP contribution in [0.15, 0.2) is 36.5 Å². The average molecular weight is 353 g/mol. The van der Waals surface area contributed by atoms with Crippen LogP contribution in [-0.4, -0.2) is 26.3 Å². The van der Waals surface area contributed by atoms with E-state index in [4.69, 9.17) is 0 Å². The molecule has 7 nitrogen and oxygen atoms in total. The summed E-state index contributed by atoms with van der Waals surface area (Å²) >= 11 is 0. The molecule has 0 aliphatic rings. The van der Waals surface area contributed by atoms with E-state index in [-0.39, 0.29) is 18.7 Å². The Hall–Kier alpha value is -2.93. The van der Waals surface area contributed by atoms with E-state index in [1.165, 1.54) is 0 Å². The summed E-state index contributed by atoms with van der Waals surface area (Å²) in [5.41, 5.74) is 3.10. The van der Waals surface area contributed by atoms with E-state index >= 15 is 0 Å². The number of nitrogens with one attached hydrogen (secondary N) is 3. The predicted octanol–water partition coefficient (Wildman–Crippen LogP) is 3.29. The van der Waals surface area contributed by atoms with E-state index in [9.17, 15) is 9.90 Å². The van der Waals surface area contributed by atoms with Crippen molar-refractivity contribution in [2.45, 2.75) is 39.3 Å². The van der Waals surface area contributed by atoms with E-state index in [0.717, 1.165) is 29.4 Å². The molecule has 0 saturated carbocycles. The van der Waals surface area contributed by atoms with Gasteiger partial charge in [-0.2, -0.15) is 5.10 Å². The molecule has 0 bridgehead atoms. The Kier molecular flexibility index (Phi) is 5.48. The highest BCUT2D eigenvalue weighted by molar-refractivity contribution is 5.94. The molecule has 0 saturated heterocycles. The van der Waals surface area contributed by atoms with Gasteiger partial charge in [0.1, 0.15) is 5.82 Å². The molecular formula is C19H23N5O2. The van der Waals surface area contributed by atoms with Crippen LogP contribution in [0.1, 0.15) is 43.1 Å². The number of H-pyrrole nitrogens is 1. The normalized spacial score (nSPS) is 12.1. The van der Waals surface area contributed by atoms with Gasteiger partial charge >= 0.3 is 6.03 Å². The number of aliphatic hydroxyl groups excluding tert-OH is 1. The highest BCUT2D eigenvalue weighted by Crippen LogP contribution is 2.27. The second-order valence-electron chi connectivity index (χ2n) is 6.18. The number of anilines is 1. The lowest BCUT2D eigenvalue weighted by atomic mass is 10.1. The molecule has 2 amide bonds. The van der Waals surface area contributed by atoms with Crippen molar-refractivity contribution >= 4 is 22.8 Å². The molecule has 0 spiro atoms. The number of hydrogen-bond acceptors (Lipinski definition) is 4. The lowest BCUT2D eigenvalue weighted by molar-refractivity contribution is 0.249. The number of fused-ring (bicyclic) bond motifs is 1. The number of aromatic amines is 1. The Bertz CT molecular complexity index is 892. The summed E-state index contributed by atoms with van der Waals surface area (Å²) in [7, 11) is 0. The number of pyridine rings is 1. The molecular weight excluding hydrogens is 330 g/mol. The third kappa shape index (κ3) is 3.67. The first kappa shape index (κ1) is 17.9. The third-order valence-corrected chi connectivity index (χ3v) is 4.31. The highest BCUT2D eigenvalue weighted by atomic mass is 16.3. The number of rotatable bonds is 6. The fraction of sp³-hybridized carbons (Fsp3) is 0.316. The van der Waals surface area contributed by atoms with Crippen molar-refractivity contribution in [3.05, 3.63) is 53.3 Å². The molecule has 26 heavy (non-hydrogen) atoms. The van der Waals surface area contributed by atoms with Gasteiger partial charge in [-0.25, -0.2) is 9.78 Å². The van der Waals surface area contributed by atoms with Crippen molar-refractivity contribution in [3.8, 4) is 0 Å². The van der Waals surface area contributed by atoms with Crippen LogP contribution in [0, 0.1) is 0 Å². The minimum Gasteiger partial charge on any atom is -0.390 e. The second kappa shape index (κ2) is 7.97. The molecule has 0 aliphatic carbocycles. The summed E-state index contributed by atoms with van der Waals surface area (Å²) < 4.78 is 0. The molecule has 0 fully saturated rings. The number of aryl methyl sites for hydroxylation is 1. The van der Waals surface area contributed by atoms with E-state index < -0.39 is 0 Å². The van der Waals surface area contributed by atoms with Crippen molar-refractivity contribution in [1.82, 2.24) is 20.5 Å². The molecule has 0 aliphatic heterocycles. The first-order chi connectivity index (χ1) is 12.6. The zero-order valence-corrected chi connectivity index (χ0v) is 14.9. The van der Waals surface area contributed by atoms with Crippen molar-refractivity contribution in [2.75, 3.05) is 5.32 Å². The largest absolute Gasteiger partial charge is 0.390 e. The zero-order valence-electron chi connectivity index (χ0n) is 14.9. The van der Waals surface area contributed by atoms with Crippen LogP contribution in [-0.2, 0) is 13.0 Å². The number of aliphatic hydroxyl groups is 1. The maximum atomic E-state index is 12.5. The zero-order chi connectivity index (χ0) is 18.5. The lowest BCUT2D eigenvalue weighted by Crippen LogP contribution is -2.32. The molecule has 1 atom stereocenters. The molecule has 0 radical (unpaired) electrons. The first-order valence-electron chi connectivity index (χ1n) is 8.72. The van der Waals surface area contributed by atoms with Crippen LogP contribution in [0.3, 0.4) is 0 Å². The summed E-state index contributed by atoms with van der Waals surface area (Å²) in [4.78, 5) is 16.9. The minimum atomic E-state index is -0.335. The Labute approximate surface area is 151 Å². The Morgan fingerprint density at radius 2 is 2.08 bits per heavy atom. The number of amides is 2. The van der Waals surface area contributed by atoms with Gasteiger partial charge in [0.2, 0.25) is 0 Å². The summed E-state index contributed by atoms with van der Waals surface area (Å²) in [6, 6.07) is 9.27. The van der Waals surface area contributed by atoms with E-state index in [1.54, 1.807) is 6.20 Å². The van der Waals surface area contributed by atoms with Crippen LogP contribution >= 0.6 is 0 Å². The number of nitrogens with zero attached hydrogens (tertiary/aromatic N) is 2. The summed E-state index contributed by atoms with van der Waals surface area (Å²) in [5, 5.41) is 23.1. The predicted molar refractivity (Wildman–Crippen MR) is 101 cm³/mol. The maximum Gasteiger partial charge on any atom is 0.320 e. The van der Waals surface area contributed by atoms with Crippen molar-refractivity contribution < 1.29 is 9.90 Å². The summed E-state index contributed by atoms with van der Waals surface area (Å²) in [5.74, 6) is 0.461. The molecule has 7 heteroatoms. The molecule has 3 rings (SSSR count). The van der Waals surface area contributed by atoms with E-state index in [0.29, 0.717) is 17.0 Å². The van der Waals surface area contributed by atoms with E-state index in [1.807, 2.05) is 37.3 Å². The number of aromatic nitrogens is 3. The number of hydrogen-bond donors (Lipinski definition) is 4. The minimum absolute atomic E-state index is 0.138. The molecule has 1 aromatic carbocycles. The van der Waals surface area contributed by atoms with Gasteiger partial charge in [-0.05, 0) is 18.9 Å². The monoisotopic (exact) mass is 353 g/mol. The maximum absolute atomic E-state index is 12.5. The number of carbonyl (C=O) groups excluding carboxylic acids is 1. The van der Waals surface area contributed by atoms with Gasteiger partial charge in [-0.15, -0.1) is 0 Å². The Balaban J connectivity index is 1.85. The van der Waals surface area contributed by atoms with E-state index in [2.05, 4.69) is 32.7 Å². The smallest absolute Gasteiger partial charge is 0.320 e. The summed E-state index contributed by atoms with van der Waals surface area (Å²) in [6.45, 7) is 3.75. The standard InChI is InChI=1S/C19H23N5O2/c1-3-7-14-15-10-20-24-17(15)16(11-25)22-18(14)23-19(26)21-12(2)13-8-5-4-6-9-13/h4-6,8-10,12,25H,3,7,11H2,1-2H3,(H,20,24)(H2,21,22,23,26)/t12-/m1/s1. The Morgan fingerprint density at radius 3 is 2.77 bits per heavy atom. The SMILES string of the molecule is CCCc1c(NC(=O)N[C@H](C)c2ccccc2)nc(CO)c2[nH]ncc12. The van der Waals surface area contributed by atoms with Gasteiger partial charge in [0.05, 0.1) is 30.1 Å². The Morgan fingerprint density at radius 1 is 1.31 bits per heavy atom. The van der Waals surface area contributed by atoms with Crippen LogP contribution in [0.5, 0.6) is 0 Å². The molecule has 4 N–H and O–H groups in total. The van der Waals surface area contributed by atoms with Crippen LogP contribution in [0.4, 0.5) is 10.6 Å². The first-order valence-corrected chi connectivity index (χ1v) is 8.72. The number of benzene rings is 1. The molecule has 136 valence electrons. The highest BCUT2D eigenvalue weighted by Gasteiger charge is 2.17. The number of urea groups is 1. The fourth-order valence-corrected chi connectivity index (χ4v) is 3.01. The van der Waals surface area contributed by atoms with Gasteiger partial charge in [0.15, 0.2) is 0 Å². The van der Waals surface area contributed by atoms with Gasteiger partial charge in [-0.1, -0.05) is 43.7 Å². The summed E-state index contributed by atoms with van der Waals surface area (Å²) in [6.07, 6.45) is 3.35. The topological polar surface area (TPSA) is 103 Å². The van der Waals surface area contributed by atoms with Crippen LogP contribution in [0.25, 0.3) is 10.9 Å². The molecule has 0 unspecified atom stereocenters. The molecule has 3 aromatic rings. The van der Waals surface area contributed by atoms with Crippen LogP contribution in [0.2, 0.25) is 0 Å².